The van der Waals surface area contributed by atoms with Gasteiger partial charge in [0.05, 0.1) is 12.0 Å². The fourth-order valence-electron chi connectivity index (χ4n) is 3.63. The van der Waals surface area contributed by atoms with Crippen LogP contribution >= 0.6 is 12.2 Å². The van der Waals surface area contributed by atoms with Gasteiger partial charge in [-0.25, -0.2) is 0 Å². The number of carbonyl (C=O) groups excluding carboxylic acids is 2. The summed E-state index contributed by atoms with van der Waals surface area (Å²) in [6, 6.07) is 14.2. The summed E-state index contributed by atoms with van der Waals surface area (Å²) in [4.78, 5) is 24.3. The van der Waals surface area contributed by atoms with Crippen molar-refractivity contribution in [3.8, 4) is 0 Å². The zero-order chi connectivity index (χ0) is 27.6. The van der Waals surface area contributed by atoms with E-state index in [-0.39, 0.29) is 17.8 Å². The lowest BCUT2D eigenvalue weighted by molar-refractivity contribution is -0.154. The van der Waals surface area contributed by atoms with Crippen LogP contribution in [0.4, 0.5) is 5.69 Å². The van der Waals surface area contributed by atoms with Gasteiger partial charge in [-0.3, -0.25) is 9.59 Å². The van der Waals surface area contributed by atoms with Crippen molar-refractivity contribution in [2.75, 3.05) is 18.5 Å². The fraction of sp³-hybridized carbons (Fsp3) is 0.500. The molecule has 0 saturated carbocycles. The Bertz CT molecular complexity index is 1060. The van der Waals surface area contributed by atoms with Gasteiger partial charge in [-0.05, 0) is 93.6 Å². The molecule has 0 aliphatic heterocycles. The first kappa shape index (κ1) is 30.3. The van der Waals surface area contributed by atoms with Crippen LogP contribution in [0, 0.1) is 31.1 Å². The van der Waals surface area contributed by atoms with Crippen LogP contribution in [0.5, 0.6) is 0 Å². The van der Waals surface area contributed by atoms with Crippen LogP contribution in [0.15, 0.2) is 42.5 Å². The number of esters is 1. The van der Waals surface area contributed by atoms with E-state index in [2.05, 4.69) is 48.0 Å². The van der Waals surface area contributed by atoms with Crippen molar-refractivity contribution in [2.24, 2.45) is 17.3 Å². The molecule has 0 heterocycles. The first-order valence-electron chi connectivity index (χ1n) is 13.0. The highest BCUT2D eigenvalue weighted by atomic mass is 32.1. The molecule has 1 atom stereocenters. The molecule has 0 fully saturated rings. The lowest BCUT2D eigenvalue weighted by Crippen LogP contribution is -2.39. The number of anilines is 1. The summed E-state index contributed by atoms with van der Waals surface area (Å²) < 4.78 is 5.64. The number of ether oxygens (including phenoxy) is 1. The predicted octanol–water partition coefficient (Wildman–Crippen LogP) is 5.70. The van der Waals surface area contributed by atoms with Crippen molar-refractivity contribution in [1.82, 2.24) is 10.6 Å². The van der Waals surface area contributed by atoms with Crippen molar-refractivity contribution >= 4 is 34.9 Å². The monoisotopic (exact) mass is 525 g/mol. The van der Waals surface area contributed by atoms with Gasteiger partial charge in [-0.15, -0.1) is 0 Å². The highest BCUT2D eigenvalue weighted by Gasteiger charge is 2.24. The smallest absolute Gasteiger partial charge is 0.311 e. The Morgan fingerprint density at radius 3 is 2.19 bits per heavy atom. The Labute approximate surface area is 228 Å². The molecule has 0 bridgehead atoms. The quantitative estimate of drug-likeness (QED) is 0.258. The molecular formula is C30H43N3O3S. The highest BCUT2D eigenvalue weighted by molar-refractivity contribution is 7.80. The third-order valence-corrected chi connectivity index (χ3v) is 6.28. The summed E-state index contributed by atoms with van der Waals surface area (Å²) in [5.41, 5.74) is 5.02. The second-order valence-corrected chi connectivity index (χ2v) is 11.7. The number of hydrogen-bond donors (Lipinski definition) is 3. The molecule has 1 unspecified atom stereocenters. The van der Waals surface area contributed by atoms with Gasteiger partial charge >= 0.3 is 5.97 Å². The normalized spacial score (nSPS) is 12.1. The first-order chi connectivity index (χ1) is 17.3. The average Bonchev–Trinajstić information content (AvgIpc) is 2.81. The van der Waals surface area contributed by atoms with Gasteiger partial charge < -0.3 is 20.7 Å². The maximum Gasteiger partial charge on any atom is 0.311 e. The number of benzene rings is 2. The molecule has 6 nitrogen and oxygen atoms in total. The van der Waals surface area contributed by atoms with Crippen molar-refractivity contribution in [1.29, 1.82) is 0 Å². The minimum Gasteiger partial charge on any atom is -0.465 e. The van der Waals surface area contributed by atoms with Crippen molar-refractivity contribution < 1.29 is 14.3 Å². The van der Waals surface area contributed by atoms with Gasteiger partial charge in [0.1, 0.15) is 0 Å². The number of amides is 1. The van der Waals surface area contributed by atoms with Gasteiger partial charge in [0, 0.05) is 31.1 Å². The Morgan fingerprint density at radius 2 is 1.59 bits per heavy atom. The summed E-state index contributed by atoms with van der Waals surface area (Å²) in [6.07, 6.45) is 1.28. The first-order valence-corrected chi connectivity index (χ1v) is 13.4. The van der Waals surface area contributed by atoms with Crippen LogP contribution in [-0.4, -0.2) is 30.1 Å². The largest absolute Gasteiger partial charge is 0.465 e. The van der Waals surface area contributed by atoms with Crippen molar-refractivity contribution in [3.63, 3.8) is 0 Å². The third kappa shape index (κ3) is 11.3. The molecule has 2 aromatic rings. The molecule has 0 radical (unpaired) electrons. The van der Waals surface area contributed by atoms with E-state index in [1.807, 2.05) is 58.9 Å². The lowest BCUT2D eigenvalue weighted by Gasteiger charge is -2.22. The molecule has 2 rings (SSSR count). The SMILES string of the molecule is Cc1ccc(CC(CNC(=S)NCc2ccc(NC(=O)CC(C)C)cc2)COC(=O)C(C)(C)C)cc1C. The number of aryl methyl sites for hydroxylation is 2. The zero-order valence-corrected chi connectivity index (χ0v) is 24.2. The van der Waals surface area contributed by atoms with E-state index in [0.29, 0.717) is 37.1 Å². The molecule has 1 amide bonds. The molecule has 2 aromatic carbocycles. The highest BCUT2D eigenvalue weighted by Crippen LogP contribution is 2.18. The number of thiocarbonyl (C=S) groups is 1. The number of nitrogens with one attached hydrogen (secondary N) is 3. The van der Waals surface area contributed by atoms with E-state index in [0.717, 1.165) is 17.7 Å². The summed E-state index contributed by atoms with van der Waals surface area (Å²) in [6.45, 7) is 15.3. The van der Waals surface area contributed by atoms with E-state index in [9.17, 15) is 9.59 Å². The number of rotatable bonds is 11. The van der Waals surface area contributed by atoms with Gasteiger partial charge in [-0.1, -0.05) is 44.2 Å². The number of hydrogen-bond acceptors (Lipinski definition) is 4. The van der Waals surface area contributed by atoms with Gasteiger partial charge in [0.2, 0.25) is 5.91 Å². The predicted molar refractivity (Wildman–Crippen MR) is 155 cm³/mol. The van der Waals surface area contributed by atoms with Gasteiger partial charge in [-0.2, -0.15) is 0 Å². The van der Waals surface area contributed by atoms with E-state index in [1.165, 1.54) is 16.7 Å². The van der Waals surface area contributed by atoms with Crippen molar-refractivity contribution in [2.45, 2.75) is 67.9 Å². The second-order valence-electron chi connectivity index (χ2n) is 11.2. The minimum atomic E-state index is -0.540. The van der Waals surface area contributed by atoms with Crippen LogP contribution < -0.4 is 16.0 Å². The summed E-state index contributed by atoms with van der Waals surface area (Å²) in [7, 11) is 0. The molecule has 0 spiro atoms. The maximum absolute atomic E-state index is 12.3. The van der Waals surface area contributed by atoms with E-state index >= 15 is 0 Å². The van der Waals surface area contributed by atoms with E-state index in [4.69, 9.17) is 17.0 Å². The van der Waals surface area contributed by atoms with E-state index < -0.39 is 5.41 Å². The zero-order valence-electron chi connectivity index (χ0n) is 23.4. The van der Waals surface area contributed by atoms with E-state index in [1.54, 1.807) is 0 Å². The molecule has 0 aromatic heterocycles. The molecule has 37 heavy (non-hydrogen) atoms. The molecule has 7 heteroatoms. The Hall–Kier alpha value is -2.93. The summed E-state index contributed by atoms with van der Waals surface area (Å²) >= 11 is 5.50. The third-order valence-electron chi connectivity index (χ3n) is 5.99. The van der Waals surface area contributed by atoms with Gasteiger partial charge in [0.25, 0.3) is 0 Å². The van der Waals surface area contributed by atoms with Crippen LogP contribution in [0.25, 0.3) is 0 Å². The Balaban J connectivity index is 1.89. The molecule has 0 aliphatic rings. The summed E-state index contributed by atoms with van der Waals surface area (Å²) in [5.74, 6) is 0.210. The minimum absolute atomic E-state index is 0.0229. The molecule has 0 aliphatic carbocycles. The molecule has 202 valence electrons. The molecular weight excluding hydrogens is 482 g/mol. The van der Waals surface area contributed by atoms with Crippen LogP contribution in [-0.2, 0) is 27.3 Å². The van der Waals surface area contributed by atoms with Crippen LogP contribution in [0.2, 0.25) is 0 Å². The van der Waals surface area contributed by atoms with Crippen molar-refractivity contribution in [3.05, 3.63) is 64.7 Å². The van der Waals surface area contributed by atoms with Crippen LogP contribution in [0.1, 0.15) is 63.3 Å². The lowest BCUT2D eigenvalue weighted by atomic mass is 9.96. The fourth-order valence-corrected chi connectivity index (χ4v) is 3.79. The Morgan fingerprint density at radius 1 is 0.946 bits per heavy atom. The maximum atomic E-state index is 12.3. The molecule has 0 saturated heterocycles. The second kappa shape index (κ2) is 14.1. The topological polar surface area (TPSA) is 79.5 Å². The Kier molecular flexibility index (Phi) is 11.6. The van der Waals surface area contributed by atoms with Crippen LogP contribution in [0.3, 0.4) is 0 Å². The standard InChI is InChI=1S/C30H43N3O3S/c1-20(2)14-27(34)33-26-12-10-23(11-13-26)17-31-29(37)32-18-25(19-36-28(35)30(5,6)7)16-24-9-8-21(3)22(4)15-24/h8-13,15,20,25H,14,16-19H2,1-7H3,(H,33,34)(H2,31,32,37). The number of carbonyl (C=O) groups is 2. The summed E-state index contributed by atoms with van der Waals surface area (Å²) in [5, 5.41) is 9.99. The molecule has 3 N–H and O–H groups in total. The van der Waals surface area contributed by atoms with Gasteiger partial charge in [0.15, 0.2) is 5.11 Å². The average molecular weight is 526 g/mol.